The van der Waals surface area contributed by atoms with Crippen molar-refractivity contribution >= 4 is 11.6 Å². The number of hydrogen-bond donors (Lipinski definition) is 1. The zero-order valence-corrected chi connectivity index (χ0v) is 15.9. The Kier molecular flexibility index (Phi) is 5.43. The van der Waals surface area contributed by atoms with E-state index in [2.05, 4.69) is 16.1 Å². The van der Waals surface area contributed by atoms with Gasteiger partial charge in [0.05, 0.1) is 25.5 Å². The molecule has 1 aromatic heterocycles. The molecule has 0 radical (unpaired) electrons. The minimum atomic E-state index is 0.128. The van der Waals surface area contributed by atoms with Crippen LogP contribution in [0.1, 0.15) is 11.4 Å². The molecule has 0 saturated heterocycles. The predicted molar refractivity (Wildman–Crippen MR) is 106 cm³/mol. The summed E-state index contributed by atoms with van der Waals surface area (Å²) in [5.41, 5.74) is 3.25. The van der Waals surface area contributed by atoms with Gasteiger partial charge in [0.15, 0.2) is 0 Å². The average molecular weight is 384 g/mol. The first-order valence-electron chi connectivity index (χ1n) is 8.98. The summed E-state index contributed by atoms with van der Waals surface area (Å²) in [6.45, 7) is 2.92. The van der Waals surface area contributed by atoms with E-state index >= 15 is 0 Å². The van der Waals surface area contributed by atoms with E-state index in [0.29, 0.717) is 6.61 Å². The summed E-state index contributed by atoms with van der Waals surface area (Å²) in [6, 6.07) is 15.8. The molecule has 0 spiro atoms. The summed E-state index contributed by atoms with van der Waals surface area (Å²) in [5, 5.41) is 4.22. The van der Waals surface area contributed by atoms with E-state index in [9.17, 15) is 0 Å². The van der Waals surface area contributed by atoms with E-state index in [-0.39, 0.29) is 6.10 Å². The number of ether oxygens (including phenoxy) is 2. The average Bonchev–Trinajstić information content (AvgIpc) is 3.13. The van der Waals surface area contributed by atoms with Crippen LogP contribution >= 0.6 is 11.6 Å². The summed E-state index contributed by atoms with van der Waals surface area (Å²) in [5.74, 6) is 1.81. The van der Waals surface area contributed by atoms with Crippen LogP contribution in [-0.4, -0.2) is 29.3 Å². The second-order valence-corrected chi connectivity index (χ2v) is 7.05. The maximum Gasteiger partial charge on any atom is 0.135 e. The quantitative estimate of drug-likeness (QED) is 0.701. The summed E-state index contributed by atoms with van der Waals surface area (Å²) >= 11 is 5.92. The number of hydrogen-bond acceptors (Lipinski definition) is 4. The maximum atomic E-state index is 5.96. The summed E-state index contributed by atoms with van der Waals surface area (Å²) < 4.78 is 13.4. The number of rotatable bonds is 6. The Morgan fingerprint density at radius 1 is 1.19 bits per heavy atom. The van der Waals surface area contributed by atoms with Crippen molar-refractivity contribution in [2.24, 2.45) is 0 Å². The molecule has 1 aliphatic rings. The van der Waals surface area contributed by atoms with Gasteiger partial charge in [0, 0.05) is 29.9 Å². The van der Waals surface area contributed by atoms with Crippen molar-refractivity contribution in [3.8, 4) is 17.0 Å². The second kappa shape index (κ2) is 8.13. The zero-order valence-electron chi connectivity index (χ0n) is 15.2. The maximum absolute atomic E-state index is 5.96. The first-order valence-corrected chi connectivity index (χ1v) is 9.36. The Balaban J connectivity index is 1.35. The number of methoxy groups -OCH3 is 1. The predicted octanol–water partition coefficient (Wildman–Crippen LogP) is 3.90. The van der Waals surface area contributed by atoms with E-state index in [1.807, 2.05) is 48.5 Å². The number of aromatic nitrogens is 2. The fraction of sp³-hybridized carbons (Fsp3) is 0.286. The minimum Gasteiger partial charge on any atom is -0.497 e. The molecule has 140 valence electrons. The number of benzene rings is 2. The number of nitrogens with zero attached hydrogens (tertiary/aromatic N) is 2. The van der Waals surface area contributed by atoms with Gasteiger partial charge in [-0.05, 0) is 42.0 Å². The van der Waals surface area contributed by atoms with Crippen LogP contribution in [0.25, 0.3) is 11.3 Å². The van der Waals surface area contributed by atoms with E-state index in [1.54, 1.807) is 7.11 Å². The van der Waals surface area contributed by atoms with Crippen molar-refractivity contribution in [1.29, 1.82) is 0 Å². The van der Waals surface area contributed by atoms with Gasteiger partial charge in [-0.1, -0.05) is 23.7 Å². The molecular formula is C21H22ClN3O2. The molecule has 5 nitrogen and oxygen atoms in total. The normalized spacial score (nSPS) is 16.1. The lowest BCUT2D eigenvalue weighted by Gasteiger charge is -2.24. The largest absolute Gasteiger partial charge is 0.497 e. The molecular weight excluding hydrogens is 362 g/mol. The molecule has 4 rings (SSSR count). The topological polar surface area (TPSA) is 48.3 Å². The van der Waals surface area contributed by atoms with Gasteiger partial charge in [-0.2, -0.15) is 0 Å². The molecule has 0 fully saturated rings. The molecule has 27 heavy (non-hydrogen) atoms. The van der Waals surface area contributed by atoms with Gasteiger partial charge in [-0.25, -0.2) is 4.98 Å². The van der Waals surface area contributed by atoms with Gasteiger partial charge < -0.3 is 19.4 Å². The minimum absolute atomic E-state index is 0.128. The van der Waals surface area contributed by atoms with Crippen LogP contribution < -0.4 is 10.1 Å². The third-order valence-corrected chi connectivity index (χ3v) is 4.96. The van der Waals surface area contributed by atoms with Crippen molar-refractivity contribution in [1.82, 2.24) is 14.9 Å². The highest BCUT2D eigenvalue weighted by atomic mass is 35.5. The molecule has 0 bridgehead atoms. The molecule has 1 atom stereocenters. The first kappa shape index (κ1) is 18.0. The summed E-state index contributed by atoms with van der Waals surface area (Å²) in [4.78, 5) is 4.71. The van der Waals surface area contributed by atoms with Crippen molar-refractivity contribution in [3.63, 3.8) is 0 Å². The summed E-state index contributed by atoms with van der Waals surface area (Å²) in [7, 11) is 1.67. The Labute approximate surface area is 163 Å². The molecule has 2 heterocycles. The molecule has 3 aromatic rings. The second-order valence-electron chi connectivity index (χ2n) is 6.61. The van der Waals surface area contributed by atoms with Crippen LogP contribution in [0.5, 0.6) is 5.75 Å². The molecule has 0 saturated carbocycles. The van der Waals surface area contributed by atoms with Gasteiger partial charge >= 0.3 is 0 Å². The van der Waals surface area contributed by atoms with Crippen LogP contribution in [0.2, 0.25) is 5.02 Å². The summed E-state index contributed by atoms with van der Waals surface area (Å²) in [6.07, 6.45) is 2.23. The lowest BCUT2D eigenvalue weighted by atomic mass is 10.1. The third kappa shape index (κ3) is 4.33. The lowest BCUT2D eigenvalue weighted by molar-refractivity contribution is 0.00278. The fourth-order valence-corrected chi connectivity index (χ4v) is 3.32. The van der Waals surface area contributed by atoms with E-state index in [1.165, 1.54) is 5.56 Å². The number of halogens is 1. The van der Waals surface area contributed by atoms with Gasteiger partial charge in [0.2, 0.25) is 0 Å². The smallest absolute Gasteiger partial charge is 0.135 e. The molecule has 1 aliphatic heterocycles. The fourth-order valence-electron chi connectivity index (χ4n) is 3.20. The monoisotopic (exact) mass is 383 g/mol. The number of nitrogens with one attached hydrogen (secondary N) is 1. The molecule has 1 unspecified atom stereocenters. The molecule has 0 aliphatic carbocycles. The van der Waals surface area contributed by atoms with Crippen LogP contribution in [-0.2, 0) is 24.4 Å². The molecule has 0 amide bonds. The molecule has 2 aromatic carbocycles. The number of imidazole rings is 1. The van der Waals surface area contributed by atoms with Crippen LogP contribution in [0.3, 0.4) is 0 Å². The standard InChI is InChI=1S/C21H22ClN3O2/c1-26-18-8-4-16(5-9-18)20-13-25-12-19(27-14-21(25)24-20)11-23-10-15-2-6-17(22)7-3-15/h2-9,13,19,23H,10-12,14H2,1H3. The third-order valence-electron chi connectivity index (χ3n) is 4.71. The lowest BCUT2D eigenvalue weighted by Crippen LogP contribution is -2.35. The van der Waals surface area contributed by atoms with Crippen molar-refractivity contribution in [2.45, 2.75) is 25.8 Å². The Bertz CT molecular complexity index is 891. The van der Waals surface area contributed by atoms with Crippen molar-refractivity contribution < 1.29 is 9.47 Å². The first-order chi connectivity index (χ1) is 13.2. The Morgan fingerprint density at radius 3 is 2.70 bits per heavy atom. The Morgan fingerprint density at radius 2 is 1.96 bits per heavy atom. The van der Waals surface area contributed by atoms with Gasteiger partial charge in [0.1, 0.15) is 18.2 Å². The highest BCUT2D eigenvalue weighted by Gasteiger charge is 2.21. The highest BCUT2D eigenvalue weighted by molar-refractivity contribution is 6.30. The van der Waals surface area contributed by atoms with E-state index in [0.717, 1.165) is 47.5 Å². The van der Waals surface area contributed by atoms with Gasteiger partial charge in [0.25, 0.3) is 0 Å². The van der Waals surface area contributed by atoms with Crippen LogP contribution in [0.4, 0.5) is 0 Å². The van der Waals surface area contributed by atoms with Crippen molar-refractivity contribution in [3.05, 3.63) is 71.1 Å². The van der Waals surface area contributed by atoms with Crippen LogP contribution in [0.15, 0.2) is 54.7 Å². The van der Waals surface area contributed by atoms with E-state index < -0.39 is 0 Å². The van der Waals surface area contributed by atoms with Gasteiger partial charge in [-0.3, -0.25) is 0 Å². The van der Waals surface area contributed by atoms with Gasteiger partial charge in [-0.15, -0.1) is 0 Å². The molecule has 1 N–H and O–H groups in total. The zero-order chi connectivity index (χ0) is 18.6. The Hall–Kier alpha value is -2.34. The number of fused-ring (bicyclic) bond motifs is 1. The van der Waals surface area contributed by atoms with Crippen LogP contribution in [0, 0.1) is 0 Å². The molecule has 6 heteroatoms. The SMILES string of the molecule is COc1ccc(-c2cn3c(n2)COC(CNCc2ccc(Cl)cc2)C3)cc1. The van der Waals surface area contributed by atoms with E-state index in [4.69, 9.17) is 26.1 Å². The van der Waals surface area contributed by atoms with Crippen molar-refractivity contribution in [2.75, 3.05) is 13.7 Å². The highest BCUT2D eigenvalue weighted by Crippen LogP contribution is 2.24.